The lowest BCUT2D eigenvalue weighted by Crippen LogP contribution is -2.51. The van der Waals surface area contributed by atoms with E-state index in [9.17, 15) is 9.59 Å². The molecule has 2 aromatic heterocycles. The molecule has 1 aromatic carbocycles. The zero-order chi connectivity index (χ0) is 22.0. The summed E-state index contributed by atoms with van der Waals surface area (Å²) in [6.07, 6.45) is 2.36. The van der Waals surface area contributed by atoms with Crippen molar-refractivity contribution < 1.29 is 14.7 Å². The molecular weight excluding hydrogens is 441 g/mol. The Bertz CT molecular complexity index is 1090. The van der Waals surface area contributed by atoms with E-state index < -0.39 is 6.09 Å². The summed E-state index contributed by atoms with van der Waals surface area (Å²) in [7, 11) is 0. The van der Waals surface area contributed by atoms with Gasteiger partial charge in [0.1, 0.15) is 6.54 Å². The van der Waals surface area contributed by atoms with Crippen LogP contribution in [0, 0.1) is 0 Å². The molecule has 4 rings (SSSR count). The van der Waals surface area contributed by atoms with Crippen LogP contribution in [0.4, 0.5) is 4.79 Å². The summed E-state index contributed by atoms with van der Waals surface area (Å²) in [4.78, 5) is 35.6. The minimum absolute atomic E-state index is 0.00977. The van der Waals surface area contributed by atoms with Gasteiger partial charge in [-0.2, -0.15) is 0 Å². The monoisotopic (exact) mass is 459 g/mol. The number of carboxylic acid groups (broad SMARTS) is 1. The second kappa shape index (κ2) is 8.95. The fourth-order valence-electron chi connectivity index (χ4n) is 3.56. The maximum atomic E-state index is 13.0. The topological polar surface area (TPSA) is 91.6 Å². The largest absolute Gasteiger partial charge is 0.465 e. The van der Waals surface area contributed by atoms with Gasteiger partial charge in [0, 0.05) is 54.7 Å². The molecule has 3 heterocycles. The van der Waals surface area contributed by atoms with Crippen molar-refractivity contribution in [2.24, 2.45) is 0 Å². The van der Waals surface area contributed by atoms with Gasteiger partial charge in [-0.05, 0) is 35.9 Å². The van der Waals surface area contributed by atoms with Crippen molar-refractivity contribution in [3.05, 3.63) is 59.1 Å². The molecule has 0 aliphatic carbocycles. The number of piperazine rings is 1. The Labute approximate surface area is 188 Å². The van der Waals surface area contributed by atoms with E-state index in [1.165, 1.54) is 4.90 Å². The Morgan fingerprint density at radius 2 is 1.52 bits per heavy atom. The lowest BCUT2D eigenvalue weighted by atomic mass is 10.1. The highest BCUT2D eigenvalue weighted by molar-refractivity contribution is 6.30. The molecule has 0 unspecified atom stereocenters. The van der Waals surface area contributed by atoms with Crippen LogP contribution in [-0.4, -0.2) is 67.6 Å². The van der Waals surface area contributed by atoms with Crippen LogP contribution in [-0.2, 0) is 11.3 Å². The summed E-state index contributed by atoms with van der Waals surface area (Å²) in [6, 6.07) is 10.9. The van der Waals surface area contributed by atoms with Crippen LogP contribution in [0.25, 0.3) is 22.5 Å². The molecule has 0 saturated carbocycles. The normalized spacial score (nSPS) is 14.0. The maximum Gasteiger partial charge on any atom is 0.407 e. The summed E-state index contributed by atoms with van der Waals surface area (Å²) < 4.78 is 1.67. The number of amides is 2. The smallest absolute Gasteiger partial charge is 0.407 e. The molecule has 1 N–H and O–H groups in total. The number of aromatic nitrogens is 3. The Morgan fingerprint density at radius 3 is 2.13 bits per heavy atom. The highest BCUT2D eigenvalue weighted by atomic mass is 35.5. The maximum absolute atomic E-state index is 13.0. The van der Waals surface area contributed by atoms with Crippen molar-refractivity contribution >= 4 is 35.2 Å². The average molecular weight is 460 g/mol. The van der Waals surface area contributed by atoms with Gasteiger partial charge in [-0.15, -0.1) is 0 Å². The van der Waals surface area contributed by atoms with E-state index in [-0.39, 0.29) is 30.8 Å². The van der Waals surface area contributed by atoms with Crippen LogP contribution in [0.2, 0.25) is 10.3 Å². The van der Waals surface area contributed by atoms with Crippen LogP contribution in [0.3, 0.4) is 0 Å². The minimum atomic E-state index is -0.975. The number of pyridine rings is 1. The van der Waals surface area contributed by atoms with Crippen LogP contribution in [0.15, 0.2) is 48.8 Å². The number of carbonyl (C=O) groups is 2. The lowest BCUT2D eigenvalue weighted by Gasteiger charge is -2.33. The molecule has 1 aliphatic heterocycles. The van der Waals surface area contributed by atoms with Gasteiger partial charge >= 0.3 is 6.09 Å². The van der Waals surface area contributed by atoms with E-state index >= 15 is 0 Å². The van der Waals surface area contributed by atoms with Crippen LogP contribution in [0.5, 0.6) is 0 Å². The average Bonchev–Trinajstić information content (AvgIpc) is 3.10. The first-order chi connectivity index (χ1) is 14.9. The van der Waals surface area contributed by atoms with Crippen molar-refractivity contribution in [3.63, 3.8) is 0 Å². The third kappa shape index (κ3) is 4.50. The molecule has 0 spiro atoms. The number of hydrogen-bond donors (Lipinski definition) is 1. The van der Waals surface area contributed by atoms with E-state index in [0.717, 1.165) is 11.1 Å². The minimum Gasteiger partial charge on any atom is -0.465 e. The van der Waals surface area contributed by atoms with E-state index in [0.29, 0.717) is 29.5 Å². The van der Waals surface area contributed by atoms with Crippen molar-refractivity contribution in [1.82, 2.24) is 24.3 Å². The van der Waals surface area contributed by atoms with Crippen molar-refractivity contribution in [3.8, 4) is 22.5 Å². The summed E-state index contributed by atoms with van der Waals surface area (Å²) in [5.41, 5.74) is 2.98. The fraction of sp³-hybridized carbons (Fsp3) is 0.238. The third-order valence-corrected chi connectivity index (χ3v) is 5.73. The second-order valence-corrected chi connectivity index (χ2v) is 7.83. The Balaban J connectivity index is 1.67. The molecule has 10 heteroatoms. The molecule has 160 valence electrons. The Kier molecular flexibility index (Phi) is 6.11. The number of nitrogens with zero attached hydrogens (tertiary/aromatic N) is 5. The number of carbonyl (C=O) groups excluding carboxylic acids is 1. The van der Waals surface area contributed by atoms with Gasteiger partial charge in [-0.1, -0.05) is 23.7 Å². The first-order valence-electron chi connectivity index (χ1n) is 9.62. The van der Waals surface area contributed by atoms with Crippen molar-refractivity contribution in [2.75, 3.05) is 26.2 Å². The van der Waals surface area contributed by atoms with Gasteiger partial charge in [0.15, 0.2) is 0 Å². The molecule has 2 amide bonds. The highest BCUT2D eigenvalue weighted by Gasteiger charge is 2.26. The summed E-state index contributed by atoms with van der Waals surface area (Å²) in [6.45, 7) is 1.24. The van der Waals surface area contributed by atoms with Gasteiger partial charge < -0.3 is 19.5 Å². The molecule has 0 radical (unpaired) electrons. The summed E-state index contributed by atoms with van der Waals surface area (Å²) >= 11 is 12.5. The predicted octanol–water partition coefficient (Wildman–Crippen LogP) is 3.74. The highest BCUT2D eigenvalue weighted by Crippen LogP contribution is 2.35. The zero-order valence-electron chi connectivity index (χ0n) is 16.4. The predicted molar refractivity (Wildman–Crippen MR) is 117 cm³/mol. The standard InChI is InChI=1S/C21H19Cl2N5O3/c22-16-3-1-14(2-4-16)18-19(15-5-7-24-8-6-15)28(20(23)25-18)13-17(29)26-9-11-27(12-10-26)21(30)31/h1-8H,9-13H2,(H,30,31). The lowest BCUT2D eigenvalue weighted by molar-refractivity contribution is -0.133. The van der Waals surface area contributed by atoms with Crippen LogP contribution < -0.4 is 0 Å². The van der Waals surface area contributed by atoms with Crippen LogP contribution in [0.1, 0.15) is 0 Å². The van der Waals surface area contributed by atoms with E-state index in [1.54, 1.807) is 34.0 Å². The molecule has 1 saturated heterocycles. The van der Waals surface area contributed by atoms with Crippen molar-refractivity contribution in [2.45, 2.75) is 6.54 Å². The third-order valence-electron chi connectivity index (χ3n) is 5.19. The molecule has 1 fully saturated rings. The molecule has 3 aromatic rings. The Morgan fingerprint density at radius 1 is 0.903 bits per heavy atom. The fourth-order valence-corrected chi connectivity index (χ4v) is 3.92. The molecule has 0 atom stereocenters. The van der Waals surface area contributed by atoms with Gasteiger partial charge in [-0.3, -0.25) is 9.78 Å². The first-order valence-corrected chi connectivity index (χ1v) is 10.4. The molecule has 8 nitrogen and oxygen atoms in total. The van der Waals surface area contributed by atoms with E-state index in [4.69, 9.17) is 28.3 Å². The number of hydrogen-bond acceptors (Lipinski definition) is 4. The van der Waals surface area contributed by atoms with E-state index in [2.05, 4.69) is 9.97 Å². The molecule has 1 aliphatic rings. The quantitative estimate of drug-likeness (QED) is 0.641. The van der Waals surface area contributed by atoms with Gasteiger partial charge in [0.25, 0.3) is 0 Å². The first kappa shape index (κ1) is 21.1. The Hall–Kier alpha value is -3.10. The number of rotatable bonds is 4. The summed E-state index contributed by atoms with van der Waals surface area (Å²) in [5.74, 6) is -0.151. The zero-order valence-corrected chi connectivity index (χ0v) is 17.9. The molecular formula is C21H19Cl2N5O3. The number of halogens is 2. The van der Waals surface area contributed by atoms with Gasteiger partial charge in [0.2, 0.25) is 11.2 Å². The van der Waals surface area contributed by atoms with Crippen LogP contribution >= 0.6 is 23.2 Å². The van der Waals surface area contributed by atoms with Gasteiger partial charge in [0.05, 0.1) is 11.4 Å². The van der Waals surface area contributed by atoms with Crippen molar-refractivity contribution in [1.29, 1.82) is 0 Å². The number of imidazole rings is 1. The summed E-state index contributed by atoms with van der Waals surface area (Å²) in [5, 5.41) is 9.90. The molecule has 31 heavy (non-hydrogen) atoms. The number of benzene rings is 1. The second-order valence-electron chi connectivity index (χ2n) is 7.06. The van der Waals surface area contributed by atoms with Gasteiger partial charge in [-0.25, -0.2) is 9.78 Å². The molecule has 0 bridgehead atoms. The van der Waals surface area contributed by atoms with E-state index in [1.807, 2.05) is 24.3 Å². The SMILES string of the molecule is O=C(O)N1CCN(C(=O)Cn2c(Cl)nc(-c3ccc(Cl)cc3)c2-c2ccncc2)CC1.